The van der Waals surface area contributed by atoms with E-state index in [1.54, 1.807) is 20.4 Å². The minimum absolute atomic E-state index is 0.128. The summed E-state index contributed by atoms with van der Waals surface area (Å²) in [6.45, 7) is 10.1. The standard InChI is InChI=1S/C16H27NO3/c1-10-9-17-12(11(2)14(10)19-6)8-13(18)15(20-7)16(3,4)5/h9,13,15,18H,8H2,1-7H3. The van der Waals surface area contributed by atoms with Crippen LogP contribution in [0.4, 0.5) is 0 Å². The highest BCUT2D eigenvalue weighted by Gasteiger charge is 2.32. The number of aliphatic hydroxyl groups is 1. The lowest BCUT2D eigenvalue weighted by molar-refractivity contribution is -0.0702. The molecule has 0 fully saturated rings. The summed E-state index contributed by atoms with van der Waals surface area (Å²) in [5.74, 6) is 0.840. The molecule has 1 aromatic heterocycles. The van der Waals surface area contributed by atoms with E-state index in [9.17, 15) is 5.11 Å². The van der Waals surface area contributed by atoms with Gasteiger partial charge in [-0.1, -0.05) is 20.8 Å². The molecule has 2 unspecified atom stereocenters. The number of aryl methyl sites for hydroxylation is 1. The highest BCUT2D eigenvalue weighted by molar-refractivity contribution is 5.41. The topological polar surface area (TPSA) is 51.6 Å². The fraction of sp³-hybridized carbons (Fsp3) is 0.688. The molecule has 2 atom stereocenters. The summed E-state index contributed by atoms with van der Waals surface area (Å²) < 4.78 is 10.9. The molecule has 0 aliphatic rings. The molecule has 0 radical (unpaired) electrons. The van der Waals surface area contributed by atoms with Gasteiger partial charge in [-0.25, -0.2) is 0 Å². The fourth-order valence-electron chi connectivity index (χ4n) is 2.67. The summed E-state index contributed by atoms with van der Waals surface area (Å²) >= 11 is 0. The van der Waals surface area contributed by atoms with Crippen molar-refractivity contribution in [3.8, 4) is 5.75 Å². The van der Waals surface area contributed by atoms with Crippen LogP contribution in [0.5, 0.6) is 5.75 Å². The van der Waals surface area contributed by atoms with E-state index in [1.165, 1.54) is 0 Å². The van der Waals surface area contributed by atoms with Gasteiger partial charge >= 0.3 is 0 Å². The van der Waals surface area contributed by atoms with E-state index in [1.807, 2.05) is 13.8 Å². The Morgan fingerprint density at radius 3 is 2.30 bits per heavy atom. The second kappa shape index (κ2) is 6.55. The zero-order chi connectivity index (χ0) is 15.5. The maximum atomic E-state index is 10.4. The Labute approximate surface area is 122 Å². The van der Waals surface area contributed by atoms with Gasteiger partial charge < -0.3 is 14.6 Å². The number of hydrogen-bond acceptors (Lipinski definition) is 4. The lowest BCUT2D eigenvalue weighted by Gasteiger charge is -2.33. The molecular weight excluding hydrogens is 254 g/mol. The molecule has 1 rings (SSSR count). The average molecular weight is 281 g/mol. The van der Waals surface area contributed by atoms with Crippen LogP contribution in [0.1, 0.15) is 37.6 Å². The highest BCUT2D eigenvalue weighted by Crippen LogP contribution is 2.29. The zero-order valence-electron chi connectivity index (χ0n) is 13.7. The Kier molecular flexibility index (Phi) is 5.54. The molecule has 4 heteroatoms. The van der Waals surface area contributed by atoms with Gasteiger partial charge in [0, 0.05) is 36.5 Å². The molecule has 0 aliphatic carbocycles. The summed E-state index contributed by atoms with van der Waals surface area (Å²) in [6, 6.07) is 0. The first-order valence-electron chi connectivity index (χ1n) is 6.92. The van der Waals surface area contributed by atoms with Crippen LogP contribution in [0.25, 0.3) is 0 Å². The lowest BCUT2D eigenvalue weighted by Crippen LogP contribution is -2.40. The maximum absolute atomic E-state index is 10.4. The van der Waals surface area contributed by atoms with E-state index in [2.05, 4.69) is 25.8 Å². The number of nitrogens with zero attached hydrogens (tertiary/aromatic N) is 1. The average Bonchev–Trinajstić information content (AvgIpc) is 2.32. The summed E-state index contributed by atoms with van der Waals surface area (Å²) in [6.07, 6.45) is 1.40. The third-order valence-electron chi connectivity index (χ3n) is 3.61. The van der Waals surface area contributed by atoms with Crippen molar-refractivity contribution in [3.63, 3.8) is 0 Å². The maximum Gasteiger partial charge on any atom is 0.128 e. The van der Waals surface area contributed by atoms with Gasteiger partial charge in [0.1, 0.15) is 5.75 Å². The van der Waals surface area contributed by atoms with Gasteiger partial charge in [-0.3, -0.25) is 4.98 Å². The first kappa shape index (κ1) is 16.9. The van der Waals surface area contributed by atoms with Gasteiger partial charge in [-0.05, 0) is 19.3 Å². The number of pyridine rings is 1. The van der Waals surface area contributed by atoms with E-state index >= 15 is 0 Å². The predicted octanol–water partition coefficient (Wildman–Crippen LogP) is 2.67. The van der Waals surface area contributed by atoms with Gasteiger partial charge in [-0.2, -0.15) is 0 Å². The predicted molar refractivity (Wildman–Crippen MR) is 80.2 cm³/mol. The Morgan fingerprint density at radius 1 is 1.25 bits per heavy atom. The zero-order valence-corrected chi connectivity index (χ0v) is 13.7. The molecule has 0 spiro atoms. The van der Waals surface area contributed by atoms with E-state index < -0.39 is 6.10 Å². The molecule has 4 nitrogen and oxygen atoms in total. The van der Waals surface area contributed by atoms with Crippen LogP contribution in [0, 0.1) is 19.3 Å². The third kappa shape index (κ3) is 3.70. The molecule has 0 aromatic carbocycles. The van der Waals surface area contributed by atoms with Crippen LogP contribution in [0.15, 0.2) is 6.20 Å². The first-order chi connectivity index (χ1) is 9.22. The summed E-state index contributed by atoms with van der Waals surface area (Å²) in [5.41, 5.74) is 2.71. The molecule has 1 aromatic rings. The number of ether oxygens (including phenoxy) is 2. The van der Waals surface area contributed by atoms with Crippen molar-refractivity contribution in [2.75, 3.05) is 14.2 Å². The smallest absolute Gasteiger partial charge is 0.128 e. The molecule has 0 saturated heterocycles. The van der Waals surface area contributed by atoms with Crippen molar-refractivity contribution in [2.45, 2.75) is 53.2 Å². The van der Waals surface area contributed by atoms with Crippen LogP contribution >= 0.6 is 0 Å². The second-order valence-corrected chi connectivity index (χ2v) is 6.34. The van der Waals surface area contributed by atoms with Gasteiger partial charge in [0.2, 0.25) is 0 Å². The number of aliphatic hydroxyl groups excluding tert-OH is 1. The van der Waals surface area contributed by atoms with Crippen molar-refractivity contribution in [1.82, 2.24) is 4.98 Å². The van der Waals surface area contributed by atoms with Crippen LogP contribution < -0.4 is 4.74 Å². The molecule has 1 N–H and O–H groups in total. The number of hydrogen-bond donors (Lipinski definition) is 1. The fourth-order valence-corrected chi connectivity index (χ4v) is 2.67. The molecule has 20 heavy (non-hydrogen) atoms. The Bertz CT molecular complexity index is 452. The Morgan fingerprint density at radius 2 is 1.85 bits per heavy atom. The van der Waals surface area contributed by atoms with E-state index in [0.29, 0.717) is 6.42 Å². The molecule has 0 aliphatic heterocycles. The van der Waals surface area contributed by atoms with E-state index in [0.717, 1.165) is 22.6 Å². The van der Waals surface area contributed by atoms with Gasteiger partial charge in [0.25, 0.3) is 0 Å². The Balaban J connectivity index is 2.99. The van der Waals surface area contributed by atoms with Crippen molar-refractivity contribution in [2.24, 2.45) is 5.41 Å². The van der Waals surface area contributed by atoms with Gasteiger partial charge in [0.05, 0.1) is 19.3 Å². The number of rotatable bonds is 5. The second-order valence-electron chi connectivity index (χ2n) is 6.34. The normalized spacial score (nSPS) is 15.0. The molecule has 0 bridgehead atoms. The van der Waals surface area contributed by atoms with Crippen molar-refractivity contribution < 1.29 is 14.6 Å². The quantitative estimate of drug-likeness (QED) is 0.901. The highest BCUT2D eigenvalue weighted by atomic mass is 16.5. The largest absolute Gasteiger partial charge is 0.496 e. The van der Waals surface area contributed by atoms with E-state index in [-0.39, 0.29) is 11.5 Å². The lowest BCUT2D eigenvalue weighted by atomic mass is 9.84. The van der Waals surface area contributed by atoms with Crippen LogP contribution in [0.3, 0.4) is 0 Å². The summed E-state index contributed by atoms with van der Waals surface area (Å²) in [7, 11) is 3.29. The van der Waals surface area contributed by atoms with Crippen molar-refractivity contribution in [3.05, 3.63) is 23.0 Å². The third-order valence-corrected chi connectivity index (χ3v) is 3.61. The van der Waals surface area contributed by atoms with E-state index in [4.69, 9.17) is 9.47 Å². The number of methoxy groups -OCH3 is 2. The molecule has 114 valence electrons. The SMILES string of the molecule is COc1c(C)cnc(CC(O)C(OC)C(C)(C)C)c1C. The minimum Gasteiger partial charge on any atom is -0.496 e. The summed E-state index contributed by atoms with van der Waals surface area (Å²) in [4.78, 5) is 4.43. The monoisotopic (exact) mass is 281 g/mol. The van der Waals surface area contributed by atoms with Gasteiger partial charge in [0.15, 0.2) is 0 Å². The minimum atomic E-state index is -0.599. The Hall–Kier alpha value is -1.13. The molecule has 0 saturated carbocycles. The molecule has 1 heterocycles. The molecule has 0 amide bonds. The molecular formula is C16H27NO3. The van der Waals surface area contributed by atoms with Crippen LogP contribution in [0.2, 0.25) is 0 Å². The van der Waals surface area contributed by atoms with Crippen molar-refractivity contribution >= 4 is 0 Å². The van der Waals surface area contributed by atoms with Gasteiger partial charge in [-0.15, -0.1) is 0 Å². The van der Waals surface area contributed by atoms with Crippen molar-refractivity contribution in [1.29, 1.82) is 0 Å². The van der Waals surface area contributed by atoms with Crippen LogP contribution in [-0.2, 0) is 11.2 Å². The first-order valence-corrected chi connectivity index (χ1v) is 6.92. The summed E-state index contributed by atoms with van der Waals surface area (Å²) in [5, 5.41) is 10.4. The van der Waals surface area contributed by atoms with Crippen LogP contribution in [-0.4, -0.2) is 36.5 Å². The number of aromatic nitrogens is 1.